The highest BCUT2D eigenvalue weighted by atomic mass is 31.2. The number of aliphatic carboxylic acids is 1. The van der Waals surface area contributed by atoms with Gasteiger partial charge in [-0.05, 0) is 89.9 Å². The van der Waals surface area contributed by atoms with Gasteiger partial charge in [0.25, 0.3) is 0 Å². The average Bonchev–Trinajstić information content (AvgIpc) is 3.20. The minimum Gasteiger partial charge on any atom is -0.480 e. The number of carbonyl (C=O) groups excluding carboxylic acids is 2. The van der Waals surface area contributed by atoms with Crippen LogP contribution in [0.3, 0.4) is 0 Å². The SMILES string of the molecule is CC/C=C\C/C=C\C/C=C\C/C=C\C/C=C\CCCC(=O)O[C@H](COC(=O)CCCCCC/C=C\C/C=C\C/C=C\C/C=C\CC)COP(=O)(O)OC[C@H](N)C(=O)O. The van der Waals surface area contributed by atoms with Crippen molar-refractivity contribution in [3.8, 4) is 0 Å². The number of phosphoric ester groups is 1. The van der Waals surface area contributed by atoms with Crippen LogP contribution in [-0.4, -0.2) is 59.9 Å². The van der Waals surface area contributed by atoms with E-state index < -0.39 is 51.1 Å². The monoisotopic (exact) mass is 829 g/mol. The molecule has 11 nitrogen and oxygen atoms in total. The molecule has 12 heteroatoms. The third-order valence-corrected chi connectivity index (χ3v) is 8.97. The van der Waals surface area contributed by atoms with Crippen LogP contribution in [0.2, 0.25) is 0 Å². The van der Waals surface area contributed by atoms with Gasteiger partial charge in [-0.2, -0.15) is 0 Å². The molecule has 4 N–H and O–H groups in total. The maximum Gasteiger partial charge on any atom is 0.472 e. The van der Waals surface area contributed by atoms with Crippen molar-refractivity contribution in [3.05, 3.63) is 109 Å². The first kappa shape index (κ1) is 54.1. The van der Waals surface area contributed by atoms with Crippen LogP contribution in [0, 0.1) is 0 Å². The van der Waals surface area contributed by atoms with Gasteiger partial charge in [-0.15, -0.1) is 0 Å². The van der Waals surface area contributed by atoms with Crippen LogP contribution in [0.4, 0.5) is 0 Å². The Balaban J connectivity index is 4.56. The van der Waals surface area contributed by atoms with Crippen LogP contribution in [0.15, 0.2) is 109 Å². The number of ether oxygens (including phenoxy) is 2. The smallest absolute Gasteiger partial charge is 0.472 e. The summed E-state index contributed by atoms with van der Waals surface area (Å²) in [6.07, 6.45) is 51.6. The van der Waals surface area contributed by atoms with E-state index in [0.29, 0.717) is 19.3 Å². The van der Waals surface area contributed by atoms with E-state index >= 15 is 0 Å². The molecule has 0 bridgehead atoms. The van der Waals surface area contributed by atoms with Crippen molar-refractivity contribution in [1.29, 1.82) is 0 Å². The zero-order valence-electron chi connectivity index (χ0n) is 35.1. The molecular weight excluding hydrogens is 757 g/mol. The molecule has 0 amide bonds. The van der Waals surface area contributed by atoms with Crippen LogP contribution >= 0.6 is 7.82 Å². The van der Waals surface area contributed by atoms with Gasteiger partial charge in [0.1, 0.15) is 12.6 Å². The van der Waals surface area contributed by atoms with E-state index in [1.54, 1.807) is 0 Å². The van der Waals surface area contributed by atoms with Gasteiger partial charge in [0.2, 0.25) is 0 Å². The molecule has 0 aromatic heterocycles. The number of hydrogen-bond acceptors (Lipinski definition) is 9. The number of rotatable bonds is 37. The summed E-state index contributed by atoms with van der Waals surface area (Å²) in [6, 6.07) is -1.54. The van der Waals surface area contributed by atoms with Crippen molar-refractivity contribution in [2.75, 3.05) is 19.8 Å². The average molecular weight is 830 g/mol. The summed E-state index contributed by atoms with van der Waals surface area (Å²) in [7, 11) is -4.75. The van der Waals surface area contributed by atoms with Crippen molar-refractivity contribution < 1.29 is 47.5 Å². The fourth-order valence-corrected chi connectivity index (χ4v) is 5.57. The number of esters is 2. The van der Waals surface area contributed by atoms with Crippen LogP contribution in [-0.2, 0) is 37.5 Å². The predicted molar refractivity (Wildman–Crippen MR) is 235 cm³/mol. The molecule has 0 fully saturated rings. The van der Waals surface area contributed by atoms with E-state index in [-0.39, 0.29) is 19.4 Å². The van der Waals surface area contributed by atoms with E-state index in [9.17, 15) is 23.8 Å². The fraction of sp³-hybridized carbons (Fsp3) is 0.543. The summed E-state index contributed by atoms with van der Waals surface area (Å²) in [6.45, 7) is 2.46. The summed E-state index contributed by atoms with van der Waals surface area (Å²) in [4.78, 5) is 45.9. The first-order chi connectivity index (χ1) is 28.1. The Morgan fingerprint density at radius 1 is 0.534 bits per heavy atom. The van der Waals surface area contributed by atoms with Crippen LogP contribution in [0.25, 0.3) is 0 Å². The molecule has 0 rings (SSSR count). The molecule has 0 saturated heterocycles. The Kier molecular flexibility index (Phi) is 37.3. The molecule has 58 heavy (non-hydrogen) atoms. The van der Waals surface area contributed by atoms with E-state index in [0.717, 1.165) is 83.5 Å². The Hall–Kier alpha value is -3.86. The first-order valence-electron chi connectivity index (χ1n) is 20.9. The number of hydrogen-bond donors (Lipinski definition) is 3. The van der Waals surface area contributed by atoms with Gasteiger partial charge >= 0.3 is 25.7 Å². The maximum atomic E-state index is 12.6. The molecule has 0 heterocycles. The zero-order chi connectivity index (χ0) is 42.8. The van der Waals surface area contributed by atoms with E-state index in [4.69, 9.17) is 24.8 Å². The Morgan fingerprint density at radius 3 is 1.40 bits per heavy atom. The predicted octanol–water partition coefficient (Wildman–Crippen LogP) is 11.1. The van der Waals surface area contributed by atoms with Crippen LogP contribution < -0.4 is 5.73 Å². The number of unbranched alkanes of at least 4 members (excludes halogenated alkanes) is 5. The molecule has 0 aromatic carbocycles. The number of carbonyl (C=O) groups is 3. The molecule has 1 unspecified atom stereocenters. The van der Waals surface area contributed by atoms with Crippen molar-refractivity contribution >= 4 is 25.7 Å². The second-order valence-corrected chi connectivity index (χ2v) is 14.8. The number of carboxylic acids is 1. The molecular formula is C46H72NO10P. The van der Waals surface area contributed by atoms with Crippen LogP contribution in [0.5, 0.6) is 0 Å². The Morgan fingerprint density at radius 2 is 0.931 bits per heavy atom. The molecule has 0 aliphatic carbocycles. The van der Waals surface area contributed by atoms with Crippen molar-refractivity contribution in [1.82, 2.24) is 0 Å². The van der Waals surface area contributed by atoms with Gasteiger partial charge in [0.05, 0.1) is 13.2 Å². The Labute approximate surface area is 348 Å². The summed E-state index contributed by atoms with van der Waals surface area (Å²) in [5.41, 5.74) is 5.32. The quantitative estimate of drug-likeness (QED) is 0.0235. The second kappa shape index (κ2) is 39.9. The lowest BCUT2D eigenvalue weighted by atomic mass is 10.1. The molecule has 3 atom stereocenters. The van der Waals surface area contributed by atoms with Gasteiger partial charge in [0.15, 0.2) is 6.10 Å². The number of phosphoric acid groups is 1. The van der Waals surface area contributed by atoms with Crippen LogP contribution in [0.1, 0.15) is 129 Å². The lowest BCUT2D eigenvalue weighted by molar-refractivity contribution is -0.161. The maximum absolute atomic E-state index is 12.6. The van der Waals surface area contributed by atoms with E-state index in [1.165, 1.54) is 0 Å². The molecule has 0 aromatic rings. The normalized spacial score (nSPS) is 14.8. The highest BCUT2D eigenvalue weighted by Gasteiger charge is 2.28. The minimum absolute atomic E-state index is 0.0699. The standard InChI is InChI=1S/C46H72NO10P/c1-3-5-7-9-11-13-15-17-19-21-23-25-27-29-31-33-35-37-44(48)54-39-42(40-55-58(52,53)56-41-43(47)46(50)51)57-45(49)38-36-34-32-30-28-26-24-22-20-18-16-14-12-10-8-6-4-2/h5-8,11-14,17-20,23-26,30,32,42-43H,3-4,9-10,15-16,21-22,27-29,31,33-41,47H2,1-2H3,(H,50,51)(H,52,53)/b7-5-,8-6-,13-11-,14-12-,19-17-,20-18-,25-23-,26-24-,32-30-/t42-,43+/m1/s1. The molecule has 0 aliphatic rings. The summed E-state index contributed by atoms with van der Waals surface area (Å²) in [5, 5.41) is 8.88. The van der Waals surface area contributed by atoms with Gasteiger partial charge in [-0.1, -0.05) is 136 Å². The van der Waals surface area contributed by atoms with Crippen molar-refractivity contribution in [3.63, 3.8) is 0 Å². The third-order valence-electron chi connectivity index (χ3n) is 8.02. The van der Waals surface area contributed by atoms with E-state index in [1.807, 2.05) is 12.2 Å². The zero-order valence-corrected chi connectivity index (χ0v) is 36.0. The number of carboxylic acid groups (broad SMARTS) is 1. The summed E-state index contributed by atoms with van der Waals surface area (Å²) < 4.78 is 32.6. The second-order valence-electron chi connectivity index (χ2n) is 13.4. The highest BCUT2D eigenvalue weighted by Crippen LogP contribution is 2.43. The fourth-order valence-electron chi connectivity index (χ4n) is 4.79. The third kappa shape index (κ3) is 39.0. The molecule has 0 saturated carbocycles. The van der Waals surface area contributed by atoms with Gasteiger partial charge < -0.3 is 25.2 Å². The molecule has 0 aliphatic heterocycles. The largest absolute Gasteiger partial charge is 0.480 e. The van der Waals surface area contributed by atoms with Gasteiger partial charge in [-0.3, -0.25) is 23.4 Å². The van der Waals surface area contributed by atoms with Gasteiger partial charge in [-0.25, -0.2) is 4.57 Å². The highest BCUT2D eigenvalue weighted by molar-refractivity contribution is 7.47. The van der Waals surface area contributed by atoms with Gasteiger partial charge in [0, 0.05) is 12.8 Å². The topological polar surface area (TPSA) is 172 Å². The van der Waals surface area contributed by atoms with Crippen molar-refractivity contribution in [2.24, 2.45) is 5.73 Å². The van der Waals surface area contributed by atoms with E-state index in [2.05, 4.69) is 116 Å². The number of nitrogens with two attached hydrogens (primary N) is 1. The Bertz CT molecular complexity index is 1390. The van der Waals surface area contributed by atoms with Crippen molar-refractivity contribution in [2.45, 2.75) is 142 Å². The summed E-state index contributed by atoms with van der Waals surface area (Å²) in [5.74, 6) is -2.50. The lowest BCUT2D eigenvalue weighted by Gasteiger charge is -2.20. The number of allylic oxidation sites excluding steroid dienone is 18. The molecule has 326 valence electrons. The molecule has 0 radical (unpaired) electrons. The minimum atomic E-state index is -4.75. The molecule has 0 spiro atoms. The summed E-state index contributed by atoms with van der Waals surface area (Å²) >= 11 is 0. The first-order valence-corrected chi connectivity index (χ1v) is 22.4. The lowest BCUT2D eigenvalue weighted by Crippen LogP contribution is -2.34.